The number of halogens is 2. The zero-order valence-electron chi connectivity index (χ0n) is 14.4. The van der Waals surface area contributed by atoms with Crippen LogP contribution in [-0.4, -0.2) is 37.1 Å². The Balaban J connectivity index is 1.99. The van der Waals surface area contributed by atoms with Crippen LogP contribution in [0.3, 0.4) is 0 Å². The number of aromatic nitrogens is 1. The summed E-state index contributed by atoms with van der Waals surface area (Å²) in [5.41, 5.74) is 2.46. The second kappa shape index (κ2) is 6.30. The van der Waals surface area contributed by atoms with E-state index in [1.165, 1.54) is 7.11 Å². The van der Waals surface area contributed by atoms with Crippen molar-refractivity contribution in [2.24, 2.45) is 11.8 Å². The van der Waals surface area contributed by atoms with E-state index in [4.69, 9.17) is 9.72 Å². The molecule has 1 aliphatic heterocycles. The predicted molar refractivity (Wildman–Crippen MR) is 87.7 cm³/mol. The van der Waals surface area contributed by atoms with Gasteiger partial charge in [-0.3, -0.25) is 0 Å². The van der Waals surface area contributed by atoms with Crippen molar-refractivity contribution in [2.45, 2.75) is 45.5 Å². The molecule has 4 nitrogen and oxygen atoms in total. The first-order valence-corrected chi connectivity index (χ1v) is 8.55. The minimum Gasteiger partial charge on any atom is -0.465 e. The number of fused-ring (bicyclic) bond motifs is 1. The summed E-state index contributed by atoms with van der Waals surface area (Å²) in [6, 6.07) is 1.85. The summed E-state index contributed by atoms with van der Waals surface area (Å²) in [7, 11) is 1.33. The lowest BCUT2D eigenvalue weighted by molar-refractivity contribution is -0.0652. The smallest absolute Gasteiger partial charge is 0.341 e. The normalized spacial score (nSPS) is 26.0. The molecule has 2 heterocycles. The van der Waals surface area contributed by atoms with Crippen LogP contribution in [0.15, 0.2) is 6.07 Å². The van der Waals surface area contributed by atoms with Crippen LogP contribution in [0.5, 0.6) is 0 Å². The van der Waals surface area contributed by atoms with E-state index in [0.29, 0.717) is 17.3 Å². The van der Waals surface area contributed by atoms with Gasteiger partial charge in [0, 0.05) is 31.1 Å². The Hall–Kier alpha value is -1.72. The van der Waals surface area contributed by atoms with Gasteiger partial charge in [-0.1, -0.05) is 13.8 Å². The van der Waals surface area contributed by atoms with Gasteiger partial charge in [0.25, 0.3) is 5.92 Å². The zero-order chi connectivity index (χ0) is 17.5. The molecule has 2 aliphatic rings. The van der Waals surface area contributed by atoms with Gasteiger partial charge in [0.1, 0.15) is 11.4 Å². The van der Waals surface area contributed by atoms with Crippen molar-refractivity contribution in [1.29, 1.82) is 0 Å². The molecule has 1 saturated heterocycles. The van der Waals surface area contributed by atoms with Crippen LogP contribution in [-0.2, 0) is 17.6 Å². The number of nitrogens with zero attached hydrogens (tertiary/aromatic N) is 2. The number of carbonyl (C=O) groups excluding carboxylic acids is 1. The maximum absolute atomic E-state index is 13.8. The highest BCUT2D eigenvalue weighted by Gasteiger charge is 2.42. The first-order valence-electron chi connectivity index (χ1n) is 8.55. The minimum atomic E-state index is -2.66. The van der Waals surface area contributed by atoms with Crippen molar-refractivity contribution < 1.29 is 18.3 Å². The van der Waals surface area contributed by atoms with Gasteiger partial charge in [-0.15, -0.1) is 0 Å². The lowest BCUT2D eigenvalue weighted by Crippen LogP contribution is -2.46. The van der Waals surface area contributed by atoms with Crippen LogP contribution < -0.4 is 4.90 Å². The fraction of sp³-hybridized carbons (Fsp3) is 0.667. The molecule has 3 rings (SSSR count). The Morgan fingerprint density at radius 1 is 1.42 bits per heavy atom. The van der Waals surface area contributed by atoms with E-state index in [0.717, 1.165) is 30.5 Å². The molecule has 1 aromatic heterocycles. The highest BCUT2D eigenvalue weighted by Crippen LogP contribution is 2.37. The van der Waals surface area contributed by atoms with Gasteiger partial charge in [0.15, 0.2) is 0 Å². The Kier molecular flexibility index (Phi) is 4.49. The van der Waals surface area contributed by atoms with E-state index in [1.54, 1.807) is 6.92 Å². The van der Waals surface area contributed by atoms with E-state index in [-0.39, 0.29) is 19.5 Å². The monoisotopic (exact) mass is 338 g/mol. The molecule has 6 heteroatoms. The van der Waals surface area contributed by atoms with Crippen LogP contribution in [0.2, 0.25) is 0 Å². The summed E-state index contributed by atoms with van der Waals surface area (Å²) >= 11 is 0. The largest absolute Gasteiger partial charge is 0.465 e. The first kappa shape index (κ1) is 17.1. The number of esters is 1. The van der Waals surface area contributed by atoms with E-state index >= 15 is 0 Å². The van der Waals surface area contributed by atoms with Gasteiger partial charge in [0.2, 0.25) is 0 Å². The van der Waals surface area contributed by atoms with Gasteiger partial charge in [-0.2, -0.15) is 0 Å². The van der Waals surface area contributed by atoms with E-state index < -0.39 is 17.8 Å². The summed E-state index contributed by atoms with van der Waals surface area (Å²) in [4.78, 5) is 18.7. The molecule has 0 aromatic carbocycles. The number of piperidine rings is 1. The van der Waals surface area contributed by atoms with Crippen molar-refractivity contribution >= 4 is 11.8 Å². The van der Waals surface area contributed by atoms with E-state index in [2.05, 4.69) is 6.92 Å². The molecular formula is C18H24F2N2O2. The summed E-state index contributed by atoms with van der Waals surface area (Å²) in [5.74, 6) is -2.84. The Labute approximate surface area is 141 Å². The number of rotatable bonds is 2. The molecule has 1 aromatic rings. The van der Waals surface area contributed by atoms with Crippen LogP contribution in [0.1, 0.15) is 48.3 Å². The molecule has 0 spiro atoms. The van der Waals surface area contributed by atoms with Crippen molar-refractivity contribution in [1.82, 2.24) is 4.98 Å². The molecule has 0 bridgehead atoms. The Morgan fingerprint density at radius 3 is 2.83 bits per heavy atom. The van der Waals surface area contributed by atoms with Crippen LogP contribution in [0, 0.1) is 11.8 Å². The van der Waals surface area contributed by atoms with Gasteiger partial charge in [-0.25, -0.2) is 18.6 Å². The Morgan fingerprint density at radius 2 is 2.17 bits per heavy atom. The van der Waals surface area contributed by atoms with Crippen molar-refractivity contribution in [3.8, 4) is 0 Å². The number of hydrogen-bond acceptors (Lipinski definition) is 4. The molecule has 0 radical (unpaired) electrons. The number of methoxy groups -OCH3 is 1. The maximum atomic E-state index is 13.8. The van der Waals surface area contributed by atoms with E-state index in [9.17, 15) is 13.6 Å². The minimum absolute atomic E-state index is 0.193. The highest BCUT2D eigenvalue weighted by molar-refractivity contribution is 5.95. The molecule has 2 unspecified atom stereocenters. The third kappa shape index (κ3) is 3.10. The number of alkyl halides is 2. The number of carbonyl (C=O) groups is 1. The maximum Gasteiger partial charge on any atom is 0.341 e. The molecule has 24 heavy (non-hydrogen) atoms. The highest BCUT2D eigenvalue weighted by atomic mass is 19.3. The average molecular weight is 338 g/mol. The van der Waals surface area contributed by atoms with Gasteiger partial charge in [-0.05, 0) is 36.8 Å². The van der Waals surface area contributed by atoms with Crippen molar-refractivity contribution in [3.63, 3.8) is 0 Å². The number of hydrogen-bond donors (Lipinski definition) is 0. The predicted octanol–water partition coefficient (Wildman–Crippen LogP) is 3.47. The van der Waals surface area contributed by atoms with Crippen LogP contribution >= 0.6 is 0 Å². The summed E-state index contributed by atoms with van der Waals surface area (Å²) < 4.78 is 32.5. The lowest BCUT2D eigenvalue weighted by Gasteiger charge is -2.38. The number of ether oxygens (including phenoxy) is 1. The van der Waals surface area contributed by atoms with Gasteiger partial charge in [0.05, 0.1) is 7.11 Å². The topological polar surface area (TPSA) is 42.4 Å². The third-order valence-electron chi connectivity index (χ3n) is 5.25. The zero-order valence-corrected chi connectivity index (χ0v) is 14.4. The second-order valence-corrected chi connectivity index (χ2v) is 7.16. The second-order valence-electron chi connectivity index (χ2n) is 7.16. The summed E-state index contributed by atoms with van der Waals surface area (Å²) in [5, 5.41) is 0. The fourth-order valence-electron chi connectivity index (χ4n) is 3.59. The third-order valence-corrected chi connectivity index (χ3v) is 5.25. The fourth-order valence-corrected chi connectivity index (χ4v) is 3.59. The lowest BCUT2D eigenvalue weighted by atomic mass is 9.87. The molecule has 2 atom stereocenters. The van der Waals surface area contributed by atoms with Crippen LogP contribution in [0.4, 0.5) is 14.6 Å². The summed E-state index contributed by atoms with van der Waals surface area (Å²) in [6.45, 7) is 4.12. The number of aryl methyl sites for hydroxylation is 1. The van der Waals surface area contributed by atoms with Crippen molar-refractivity contribution in [3.05, 3.63) is 22.9 Å². The molecule has 132 valence electrons. The first-order chi connectivity index (χ1) is 11.3. The van der Waals surface area contributed by atoms with Gasteiger partial charge < -0.3 is 9.64 Å². The van der Waals surface area contributed by atoms with Crippen LogP contribution in [0.25, 0.3) is 0 Å². The quantitative estimate of drug-likeness (QED) is 0.775. The number of anilines is 1. The molecule has 1 fully saturated rings. The molecular weight excluding hydrogens is 314 g/mol. The number of pyridine rings is 1. The Bertz CT molecular complexity index is 648. The van der Waals surface area contributed by atoms with Crippen molar-refractivity contribution in [2.75, 3.05) is 25.1 Å². The standard InChI is InChI=1S/C18H24F2N2O2/c1-11-4-5-13-9-14(17(23)24-3)16(21-15(13)8-11)22-7-6-18(19,20)12(2)10-22/h9,11-12H,4-8,10H2,1-3H3. The molecule has 0 amide bonds. The van der Waals surface area contributed by atoms with E-state index in [1.807, 2.05) is 11.0 Å². The molecule has 0 N–H and O–H groups in total. The molecule has 0 saturated carbocycles. The van der Waals surface area contributed by atoms with Gasteiger partial charge >= 0.3 is 5.97 Å². The summed E-state index contributed by atoms with van der Waals surface area (Å²) in [6.07, 6.45) is 2.61. The molecule has 1 aliphatic carbocycles. The average Bonchev–Trinajstić information content (AvgIpc) is 2.55. The SMILES string of the molecule is COC(=O)c1cc2c(nc1N1CCC(F)(F)C(C)C1)CC(C)CC2.